The topological polar surface area (TPSA) is 67.3 Å². The van der Waals surface area contributed by atoms with Gasteiger partial charge in [-0.15, -0.1) is 0 Å². The molecule has 2 rings (SSSR count). The van der Waals surface area contributed by atoms with Gasteiger partial charge < -0.3 is 15.0 Å². The summed E-state index contributed by atoms with van der Waals surface area (Å²) in [5.41, 5.74) is -1.19. The third-order valence-corrected chi connectivity index (χ3v) is 4.87. The largest absolute Gasteiger partial charge is 0.444 e. The number of hydrogen-bond acceptors (Lipinski definition) is 5. The Kier molecular flexibility index (Phi) is 6.03. The van der Waals surface area contributed by atoms with Crippen LogP contribution >= 0.6 is 34.2 Å². The second-order valence-corrected chi connectivity index (χ2v) is 9.21. The number of carbonyl (C=O) groups is 1. The molecule has 1 fully saturated rings. The SMILES string of the molecule is CC(C)(C)OC(=O)N1C[C@H](F)[C@H](Nc2nc(Cl)ncc2I)CC1(C)C. The first-order valence-electron chi connectivity index (χ1n) is 7.98. The van der Waals surface area contributed by atoms with Crippen LogP contribution < -0.4 is 5.32 Å². The predicted molar refractivity (Wildman–Crippen MR) is 104 cm³/mol. The number of rotatable bonds is 2. The molecule has 1 aliphatic rings. The van der Waals surface area contributed by atoms with Gasteiger partial charge in [0, 0.05) is 11.7 Å². The van der Waals surface area contributed by atoms with Crippen LogP contribution in [0.2, 0.25) is 5.28 Å². The molecule has 2 heterocycles. The summed E-state index contributed by atoms with van der Waals surface area (Å²) in [6.45, 7) is 9.12. The summed E-state index contributed by atoms with van der Waals surface area (Å²) >= 11 is 7.89. The highest BCUT2D eigenvalue weighted by atomic mass is 127. The molecule has 0 bridgehead atoms. The van der Waals surface area contributed by atoms with Crippen molar-refractivity contribution in [1.82, 2.24) is 14.9 Å². The molecule has 1 amide bonds. The molecule has 0 spiro atoms. The maximum Gasteiger partial charge on any atom is 0.410 e. The standard InChI is InChI=1S/C16H23ClFIN4O2/c1-15(2,3)25-14(24)23-8-9(18)11(6-16(23,4)5)21-12-10(19)7-20-13(17)22-12/h7,9,11H,6,8H2,1-5H3,(H,20,21,22)/t9-,11+/m0/s1. The van der Waals surface area contributed by atoms with Gasteiger partial charge >= 0.3 is 6.09 Å². The average Bonchev–Trinajstić information content (AvgIpc) is 2.44. The third kappa shape index (κ3) is 5.29. The fraction of sp³-hybridized carbons (Fsp3) is 0.688. The number of likely N-dealkylation sites (tertiary alicyclic amines) is 1. The van der Waals surface area contributed by atoms with Crippen LogP contribution in [0.1, 0.15) is 41.0 Å². The van der Waals surface area contributed by atoms with Crippen LogP contribution in [0.15, 0.2) is 6.20 Å². The highest BCUT2D eigenvalue weighted by molar-refractivity contribution is 14.1. The van der Waals surface area contributed by atoms with E-state index in [1.54, 1.807) is 27.0 Å². The Hall–Kier alpha value is -0.900. The molecule has 0 saturated carbocycles. The van der Waals surface area contributed by atoms with E-state index in [0.29, 0.717) is 12.2 Å². The van der Waals surface area contributed by atoms with Crippen LogP contribution in [-0.4, -0.2) is 50.9 Å². The number of anilines is 1. The Labute approximate surface area is 166 Å². The summed E-state index contributed by atoms with van der Waals surface area (Å²) in [7, 11) is 0. The Morgan fingerprint density at radius 2 is 2.16 bits per heavy atom. The van der Waals surface area contributed by atoms with Crippen LogP contribution in [0.3, 0.4) is 0 Å². The summed E-state index contributed by atoms with van der Waals surface area (Å²) in [5.74, 6) is 0.495. The van der Waals surface area contributed by atoms with Crippen molar-refractivity contribution in [2.24, 2.45) is 0 Å². The highest BCUT2D eigenvalue weighted by Gasteiger charge is 2.44. The van der Waals surface area contributed by atoms with Gasteiger partial charge in [-0.1, -0.05) is 0 Å². The van der Waals surface area contributed by atoms with Crippen LogP contribution in [-0.2, 0) is 4.74 Å². The molecule has 0 unspecified atom stereocenters. The van der Waals surface area contributed by atoms with Gasteiger partial charge in [0.05, 0.1) is 16.2 Å². The number of aromatic nitrogens is 2. The Bertz CT molecular complexity index is 654. The average molecular weight is 485 g/mol. The lowest BCUT2D eigenvalue weighted by atomic mass is 9.86. The first-order chi connectivity index (χ1) is 11.4. The van der Waals surface area contributed by atoms with Gasteiger partial charge in [0.15, 0.2) is 0 Å². The van der Waals surface area contributed by atoms with E-state index in [4.69, 9.17) is 16.3 Å². The lowest BCUT2D eigenvalue weighted by molar-refractivity contribution is -0.0229. The Morgan fingerprint density at radius 3 is 2.76 bits per heavy atom. The van der Waals surface area contributed by atoms with Gasteiger partial charge in [-0.3, -0.25) is 0 Å². The molecule has 1 aliphatic heterocycles. The molecule has 0 aromatic carbocycles. The Morgan fingerprint density at radius 1 is 1.52 bits per heavy atom. The summed E-state index contributed by atoms with van der Waals surface area (Å²) in [6.07, 6.45) is 0.223. The van der Waals surface area contributed by atoms with Crippen molar-refractivity contribution < 1.29 is 13.9 Å². The molecule has 1 aromatic rings. The molecular weight excluding hydrogens is 462 g/mol. The summed E-state index contributed by atoms with van der Waals surface area (Å²) in [4.78, 5) is 21.9. The lowest BCUT2D eigenvalue weighted by Gasteiger charge is -2.47. The van der Waals surface area contributed by atoms with E-state index in [2.05, 4.69) is 37.9 Å². The number of carbonyl (C=O) groups excluding carboxylic acids is 1. The van der Waals surface area contributed by atoms with Crippen molar-refractivity contribution in [2.45, 2.75) is 64.4 Å². The maximum absolute atomic E-state index is 14.8. The van der Waals surface area contributed by atoms with E-state index in [0.717, 1.165) is 3.57 Å². The molecule has 1 N–H and O–H groups in total. The van der Waals surface area contributed by atoms with E-state index in [1.807, 2.05) is 13.8 Å². The second kappa shape index (κ2) is 7.38. The van der Waals surface area contributed by atoms with Crippen LogP contribution in [0.25, 0.3) is 0 Å². The number of halogens is 3. The minimum atomic E-state index is -1.26. The summed E-state index contributed by atoms with van der Waals surface area (Å²) in [6, 6.07) is -0.492. The van der Waals surface area contributed by atoms with Crippen LogP contribution in [0.5, 0.6) is 0 Å². The minimum Gasteiger partial charge on any atom is -0.444 e. The molecule has 0 aliphatic carbocycles. The number of alkyl halides is 1. The fourth-order valence-corrected chi connectivity index (χ4v) is 3.28. The predicted octanol–water partition coefficient (Wildman–Crippen LogP) is 4.27. The first kappa shape index (κ1) is 20.4. The highest BCUT2D eigenvalue weighted by Crippen LogP contribution is 2.33. The van der Waals surface area contributed by atoms with Gasteiger partial charge in [0.25, 0.3) is 0 Å². The second-order valence-electron chi connectivity index (χ2n) is 7.71. The number of piperidine rings is 1. The van der Waals surface area contributed by atoms with Crippen molar-refractivity contribution in [3.8, 4) is 0 Å². The molecule has 0 radical (unpaired) electrons. The summed E-state index contributed by atoms with van der Waals surface area (Å²) < 4.78 is 20.9. The number of amides is 1. The zero-order valence-corrected chi connectivity index (χ0v) is 17.9. The number of nitrogens with one attached hydrogen (secondary N) is 1. The number of ether oxygens (including phenoxy) is 1. The van der Waals surface area contributed by atoms with Gasteiger partial charge in [-0.25, -0.2) is 14.2 Å². The third-order valence-electron chi connectivity index (χ3n) is 3.89. The zero-order chi connectivity index (χ0) is 19.0. The summed E-state index contributed by atoms with van der Waals surface area (Å²) in [5, 5.41) is 3.21. The normalized spacial score (nSPS) is 23.3. The van der Waals surface area contributed by atoms with Crippen molar-refractivity contribution in [3.63, 3.8) is 0 Å². The Balaban J connectivity index is 2.14. The van der Waals surface area contributed by atoms with Gasteiger partial charge in [-0.2, -0.15) is 4.98 Å². The fourth-order valence-electron chi connectivity index (χ4n) is 2.73. The zero-order valence-electron chi connectivity index (χ0n) is 14.9. The van der Waals surface area contributed by atoms with Crippen LogP contribution in [0, 0.1) is 3.57 Å². The monoisotopic (exact) mass is 484 g/mol. The molecule has 25 heavy (non-hydrogen) atoms. The molecule has 1 aromatic heterocycles. The maximum atomic E-state index is 14.8. The van der Waals surface area contributed by atoms with Crippen molar-refractivity contribution in [3.05, 3.63) is 15.1 Å². The van der Waals surface area contributed by atoms with Crippen LogP contribution in [0.4, 0.5) is 15.0 Å². The molecular formula is C16H23ClFIN4O2. The van der Waals surface area contributed by atoms with Gasteiger partial charge in [-0.05, 0) is 75.2 Å². The van der Waals surface area contributed by atoms with E-state index in [9.17, 15) is 9.18 Å². The molecule has 140 valence electrons. The van der Waals surface area contributed by atoms with Crippen molar-refractivity contribution in [1.29, 1.82) is 0 Å². The minimum absolute atomic E-state index is 0.0467. The van der Waals surface area contributed by atoms with E-state index in [-0.39, 0.29) is 11.8 Å². The van der Waals surface area contributed by atoms with E-state index in [1.165, 1.54) is 4.90 Å². The number of hydrogen-bond donors (Lipinski definition) is 1. The quantitative estimate of drug-likeness (QED) is 0.501. The molecule has 6 nitrogen and oxygen atoms in total. The lowest BCUT2D eigenvalue weighted by Crippen LogP contribution is -2.61. The van der Waals surface area contributed by atoms with Gasteiger partial charge in [0.1, 0.15) is 17.6 Å². The van der Waals surface area contributed by atoms with Crippen molar-refractivity contribution in [2.75, 3.05) is 11.9 Å². The smallest absolute Gasteiger partial charge is 0.410 e. The van der Waals surface area contributed by atoms with Gasteiger partial charge in [0.2, 0.25) is 5.28 Å². The van der Waals surface area contributed by atoms with E-state index >= 15 is 0 Å². The van der Waals surface area contributed by atoms with Crippen molar-refractivity contribution >= 4 is 46.1 Å². The number of nitrogens with zero attached hydrogens (tertiary/aromatic N) is 3. The van der Waals surface area contributed by atoms with E-state index < -0.39 is 29.4 Å². The molecule has 2 atom stereocenters. The molecule has 1 saturated heterocycles. The first-order valence-corrected chi connectivity index (χ1v) is 9.44. The molecule has 9 heteroatoms.